The molecule has 15 heteroatoms. The Morgan fingerprint density at radius 1 is 0.962 bits per heavy atom. The summed E-state index contributed by atoms with van der Waals surface area (Å²) in [6.45, 7) is 7.15. The van der Waals surface area contributed by atoms with Crippen molar-refractivity contribution in [3.63, 3.8) is 0 Å². The summed E-state index contributed by atoms with van der Waals surface area (Å²) in [5.74, 6) is 1.57. The Labute approximate surface area is 308 Å². The maximum Gasteiger partial charge on any atom is 0.501 e. The molecule has 3 aromatic carbocycles. The van der Waals surface area contributed by atoms with Crippen molar-refractivity contribution < 1.29 is 45.4 Å². The van der Waals surface area contributed by atoms with Gasteiger partial charge in [0.25, 0.3) is 15.7 Å². The number of piperazine rings is 1. The maximum atomic E-state index is 12.2. The van der Waals surface area contributed by atoms with E-state index in [9.17, 15) is 36.0 Å². The minimum absolute atomic E-state index is 0.0275. The molecule has 0 radical (unpaired) electrons. The van der Waals surface area contributed by atoms with Gasteiger partial charge in [-0.3, -0.25) is 9.59 Å². The number of anilines is 2. The van der Waals surface area contributed by atoms with Gasteiger partial charge < -0.3 is 30.3 Å². The molecule has 2 atom stereocenters. The Hall–Kier alpha value is -5.05. The summed E-state index contributed by atoms with van der Waals surface area (Å²) in [5.41, 5.74) is 4.27. The van der Waals surface area contributed by atoms with Crippen LogP contribution in [0.25, 0.3) is 6.08 Å². The summed E-state index contributed by atoms with van der Waals surface area (Å²) in [7, 11) is -2.50. The van der Waals surface area contributed by atoms with Crippen LogP contribution in [0.5, 0.6) is 5.75 Å². The van der Waals surface area contributed by atoms with Crippen LogP contribution in [0.2, 0.25) is 0 Å². The molecule has 5 rings (SSSR count). The van der Waals surface area contributed by atoms with Gasteiger partial charge in [0.2, 0.25) is 6.41 Å². The van der Waals surface area contributed by atoms with Crippen LogP contribution in [0.4, 0.5) is 29.3 Å². The lowest BCUT2D eigenvalue weighted by Crippen LogP contribution is -2.48. The smallest absolute Gasteiger partial charge is 0.496 e. The van der Waals surface area contributed by atoms with E-state index in [0.717, 1.165) is 35.7 Å². The van der Waals surface area contributed by atoms with E-state index in [0.29, 0.717) is 37.5 Å². The van der Waals surface area contributed by atoms with Crippen LogP contribution in [0, 0.1) is 11.8 Å². The second-order valence-corrected chi connectivity index (χ2v) is 14.4. The van der Waals surface area contributed by atoms with Crippen molar-refractivity contribution >= 4 is 45.7 Å². The number of allylic oxidation sites excluding steroid dienone is 1. The van der Waals surface area contributed by atoms with Crippen molar-refractivity contribution in [3.05, 3.63) is 89.5 Å². The standard InChI is InChI=1S/C16H22.C14H19N3O4.C8H6F3NO3S/c1-3-7-15-11-10-13(2)16(15)12-14-8-5-4-6-9-14;1-20-12-4-3-10(9-11(12)13(15)18)16-5-7-17(8-6-16)14(19)21-2;9-8(10,11)16(14,15)7-3-1-2-6(4-7)12-5-13/h4-6,8-9,12-13,15H,3,7,10-11H2,1-2H3;3-4,9H,5-8H2,1-2H3,(H2,15,18);1-5H,(H,12,13)/b16-12-;;. The first-order chi connectivity index (χ1) is 25.2. The number of rotatable bonds is 9. The van der Waals surface area contributed by atoms with Crippen LogP contribution in [-0.4, -0.2) is 77.6 Å². The van der Waals surface area contributed by atoms with Gasteiger partial charge in [-0.25, -0.2) is 13.2 Å². The van der Waals surface area contributed by atoms with Crippen LogP contribution in [0.15, 0.2) is 83.3 Å². The first-order valence-electron chi connectivity index (χ1n) is 17.1. The Morgan fingerprint density at radius 2 is 1.64 bits per heavy atom. The fourth-order valence-electron chi connectivity index (χ4n) is 6.16. The quantitative estimate of drug-likeness (QED) is 0.219. The van der Waals surface area contributed by atoms with Crippen LogP contribution in [0.1, 0.15) is 55.5 Å². The van der Waals surface area contributed by atoms with Gasteiger partial charge in [-0.05, 0) is 73.1 Å². The lowest BCUT2D eigenvalue weighted by molar-refractivity contribution is -0.105. The van der Waals surface area contributed by atoms with E-state index >= 15 is 0 Å². The number of methoxy groups -OCH3 is 2. The molecule has 1 aliphatic heterocycles. The number of nitrogens with zero attached hydrogens (tertiary/aromatic N) is 2. The molecule has 0 bridgehead atoms. The monoisotopic (exact) mass is 760 g/mol. The zero-order valence-electron chi connectivity index (χ0n) is 30.3. The number of carbonyl (C=O) groups is 3. The third-order valence-corrected chi connectivity index (χ3v) is 10.4. The van der Waals surface area contributed by atoms with Gasteiger partial charge in [-0.1, -0.05) is 68.3 Å². The van der Waals surface area contributed by atoms with E-state index < -0.39 is 26.1 Å². The molecule has 2 aliphatic rings. The third kappa shape index (κ3) is 11.7. The van der Waals surface area contributed by atoms with E-state index in [1.54, 1.807) is 22.6 Å². The zero-order valence-corrected chi connectivity index (χ0v) is 31.1. The van der Waals surface area contributed by atoms with E-state index in [1.165, 1.54) is 51.5 Å². The summed E-state index contributed by atoms with van der Waals surface area (Å²) in [4.78, 5) is 35.8. The minimum Gasteiger partial charge on any atom is -0.496 e. The average molecular weight is 761 g/mol. The molecule has 0 spiro atoms. The molecule has 1 saturated heterocycles. The summed E-state index contributed by atoms with van der Waals surface area (Å²) in [6, 6.07) is 20.0. The topological polar surface area (TPSA) is 148 Å². The fraction of sp³-hybridized carbons (Fsp3) is 0.395. The normalized spacial score (nSPS) is 17.8. The number of carbonyl (C=O) groups excluding carboxylic acids is 3. The van der Waals surface area contributed by atoms with Crippen molar-refractivity contribution in [2.24, 2.45) is 17.6 Å². The average Bonchev–Trinajstić information content (AvgIpc) is 3.49. The lowest BCUT2D eigenvalue weighted by atomic mass is 9.92. The van der Waals surface area contributed by atoms with E-state index in [2.05, 4.69) is 60.5 Å². The molecule has 1 aliphatic carbocycles. The molecule has 3 aromatic rings. The molecule has 0 aromatic heterocycles. The molecule has 1 saturated carbocycles. The molecule has 53 heavy (non-hydrogen) atoms. The summed E-state index contributed by atoms with van der Waals surface area (Å²) >= 11 is 0. The lowest BCUT2D eigenvalue weighted by Gasteiger charge is -2.35. The maximum absolute atomic E-state index is 12.2. The molecule has 11 nitrogen and oxygen atoms in total. The first-order valence-corrected chi connectivity index (χ1v) is 18.6. The van der Waals surface area contributed by atoms with Gasteiger partial charge in [0.1, 0.15) is 5.75 Å². The molecule has 2 unspecified atom stereocenters. The fourth-order valence-corrected chi connectivity index (χ4v) is 6.97. The van der Waals surface area contributed by atoms with Crippen molar-refractivity contribution in [1.82, 2.24) is 4.90 Å². The Morgan fingerprint density at radius 3 is 2.21 bits per heavy atom. The van der Waals surface area contributed by atoms with Gasteiger partial charge in [0, 0.05) is 37.6 Å². The van der Waals surface area contributed by atoms with Gasteiger partial charge in [0.15, 0.2) is 0 Å². The van der Waals surface area contributed by atoms with Crippen molar-refractivity contribution in [2.75, 3.05) is 50.6 Å². The molecule has 3 amide bonds. The highest BCUT2D eigenvalue weighted by Crippen LogP contribution is 2.40. The molecular weight excluding hydrogens is 714 g/mol. The molecule has 3 N–H and O–H groups in total. The third-order valence-electron chi connectivity index (χ3n) is 8.96. The van der Waals surface area contributed by atoms with E-state index in [-0.39, 0.29) is 18.2 Å². The number of amides is 3. The molecule has 1 heterocycles. The zero-order chi connectivity index (χ0) is 39.2. The number of hydrogen-bond acceptors (Lipinski definition) is 8. The Bertz CT molecular complexity index is 1810. The first kappa shape index (κ1) is 42.4. The highest BCUT2D eigenvalue weighted by molar-refractivity contribution is 7.92. The highest BCUT2D eigenvalue weighted by atomic mass is 32.2. The SMILES string of the molecule is CCCC1CCC(C)/C1=C/c1ccccc1.COC(=O)N1CCN(c2ccc(OC)c(C(N)=O)c2)CC1.O=CNc1cccc(S(=O)(=O)C(F)(F)F)c1. The second-order valence-electron chi connectivity index (χ2n) is 12.5. The van der Waals surface area contributed by atoms with Crippen molar-refractivity contribution in [1.29, 1.82) is 0 Å². The summed E-state index contributed by atoms with van der Waals surface area (Å²) in [5, 5.41) is 2.06. The van der Waals surface area contributed by atoms with Crippen LogP contribution < -0.4 is 20.7 Å². The predicted octanol–water partition coefficient (Wildman–Crippen LogP) is 7.15. The second kappa shape index (κ2) is 19.7. The number of hydrogen-bond donors (Lipinski definition) is 2. The number of sulfone groups is 1. The number of nitrogens with one attached hydrogen (secondary N) is 1. The van der Waals surface area contributed by atoms with Gasteiger partial charge in [0.05, 0.1) is 24.7 Å². The van der Waals surface area contributed by atoms with E-state index in [4.69, 9.17) is 15.2 Å². The van der Waals surface area contributed by atoms with Crippen molar-refractivity contribution in [2.45, 2.75) is 49.9 Å². The predicted molar refractivity (Wildman–Crippen MR) is 198 cm³/mol. The number of nitrogens with two attached hydrogens (primary N) is 1. The Kier molecular flexibility index (Phi) is 15.7. The van der Waals surface area contributed by atoms with Crippen LogP contribution >= 0.6 is 0 Å². The highest BCUT2D eigenvalue weighted by Gasteiger charge is 2.46. The molecule has 288 valence electrons. The number of alkyl halides is 3. The number of halogens is 3. The van der Waals surface area contributed by atoms with Gasteiger partial charge in [-0.2, -0.15) is 13.2 Å². The van der Waals surface area contributed by atoms with E-state index in [1.807, 2.05) is 6.07 Å². The minimum atomic E-state index is -5.37. The largest absolute Gasteiger partial charge is 0.501 e. The molecular formula is C38H47F3N4O7S. The number of benzene rings is 3. The van der Waals surface area contributed by atoms with Crippen LogP contribution in [-0.2, 0) is 19.4 Å². The number of ether oxygens (including phenoxy) is 2. The molecule has 2 fully saturated rings. The van der Waals surface area contributed by atoms with Gasteiger partial charge in [-0.15, -0.1) is 0 Å². The van der Waals surface area contributed by atoms with Crippen molar-refractivity contribution in [3.8, 4) is 5.75 Å². The van der Waals surface area contributed by atoms with Gasteiger partial charge >= 0.3 is 11.6 Å². The Balaban J connectivity index is 0.000000217. The number of primary amides is 1. The summed E-state index contributed by atoms with van der Waals surface area (Å²) in [6.07, 6.45) is 7.79. The van der Waals surface area contributed by atoms with Crippen LogP contribution in [0.3, 0.4) is 0 Å². The summed E-state index contributed by atoms with van der Waals surface area (Å²) < 4.78 is 68.2.